The maximum absolute atomic E-state index is 12.8. The highest BCUT2D eigenvalue weighted by Gasteiger charge is 2.30. The summed E-state index contributed by atoms with van der Waals surface area (Å²) in [5.41, 5.74) is 1.20. The Kier molecular flexibility index (Phi) is 4.87. The normalized spacial score (nSPS) is 16.4. The monoisotopic (exact) mass is 399 g/mol. The molecule has 0 fully saturated rings. The lowest BCUT2D eigenvalue weighted by molar-refractivity contribution is 0.0964. The molecule has 0 amide bonds. The van der Waals surface area contributed by atoms with Gasteiger partial charge >= 0.3 is 5.69 Å². The van der Waals surface area contributed by atoms with Crippen molar-refractivity contribution in [2.75, 3.05) is 13.7 Å². The minimum atomic E-state index is -0.546. The lowest BCUT2D eigenvalue weighted by Gasteiger charge is -2.25. The summed E-state index contributed by atoms with van der Waals surface area (Å²) in [6.45, 7) is 0.546. The molecule has 0 aliphatic heterocycles. The number of aromatic amines is 1. The van der Waals surface area contributed by atoms with E-state index in [1.165, 1.54) is 17.9 Å². The molecule has 1 N–H and O–H groups in total. The van der Waals surface area contributed by atoms with Crippen LogP contribution in [-0.4, -0.2) is 34.0 Å². The number of rotatable bonds is 4. The molecule has 0 saturated heterocycles. The van der Waals surface area contributed by atoms with E-state index in [0.29, 0.717) is 35.6 Å². The fourth-order valence-corrected chi connectivity index (χ4v) is 3.99. The van der Waals surface area contributed by atoms with Crippen molar-refractivity contribution in [1.82, 2.24) is 14.5 Å². The lowest BCUT2D eigenvalue weighted by Crippen LogP contribution is -2.33. The van der Waals surface area contributed by atoms with E-state index in [-0.39, 0.29) is 29.3 Å². The summed E-state index contributed by atoms with van der Waals surface area (Å²) in [7, 11) is 1.53. The average Bonchev–Trinajstić information content (AvgIpc) is 2.67. The summed E-state index contributed by atoms with van der Waals surface area (Å²) in [4.78, 5) is 44.3. The van der Waals surface area contributed by atoms with Crippen molar-refractivity contribution in [3.05, 3.63) is 73.0 Å². The van der Waals surface area contributed by atoms with Gasteiger partial charge in [-0.05, 0) is 35.6 Å². The number of H-pyrrole nitrogens is 1. The molecule has 2 aromatic heterocycles. The van der Waals surface area contributed by atoms with Crippen LogP contribution in [0.5, 0.6) is 0 Å². The first kappa shape index (κ1) is 18.6. The molecule has 2 heterocycles. The van der Waals surface area contributed by atoms with Gasteiger partial charge in [0, 0.05) is 30.3 Å². The second kappa shape index (κ2) is 7.33. The van der Waals surface area contributed by atoms with Crippen molar-refractivity contribution >= 4 is 28.4 Å². The minimum Gasteiger partial charge on any atom is -0.383 e. The summed E-state index contributed by atoms with van der Waals surface area (Å²) < 4.78 is 6.42. The number of ether oxygens (including phenoxy) is 1. The minimum absolute atomic E-state index is 0.0744. The summed E-state index contributed by atoms with van der Waals surface area (Å²) >= 11 is 6.11. The summed E-state index contributed by atoms with van der Waals surface area (Å²) in [6.07, 6.45) is 2.28. The van der Waals surface area contributed by atoms with Gasteiger partial charge in [-0.1, -0.05) is 23.7 Å². The Labute approximate surface area is 164 Å². The van der Waals surface area contributed by atoms with E-state index in [2.05, 4.69) is 9.97 Å². The van der Waals surface area contributed by atoms with E-state index in [9.17, 15) is 14.4 Å². The second-order valence-corrected chi connectivity index (χ2v) is 7.27. The van der Waals surface area contributed by atoms with E-state index < -0.39 is 11.2 Å². The predicted molar refractivity (Wildman–Crippen MR) is 105 cm³/mol. The van der Waals surface area contributed by atoms with Crippen LogP contribution in [0.15, 0.2) is 40.1 Å². The third-order valence-corrected chi connectivity index (χ3v) is 5.37. The molecule has 0 unspecified atom stereocenters. The summed E-state index contributed by atoms with van der Waals surface area (Å²) in [6, 6.07) is 7.39. The molecule has 3 aromatic rings. The van der Waals surface area contributed by atoms with Crippen molar-refractivity contribution < 1.29 is 9.53 Å². The first-order chi connectivity index (χ1) is 13.5. The van der Waals surface area contributed by atoms with Gasteiger partial charge in [-0.3, -0.25) is 19.1 Å². The number of Topliss-reactive ketones (excluding diaryl/α,β-unsaturated/α-hetero) is 1. The van der Waals surface area contributed by atoms with Crippen LogP contribution < -0.4 is 11.2 Å². The number of ketones is 1. The van der Waals surface area contributed by atoms with Gasteiger partial charge in [-0.15, -0.1) is 0 Å². The van der Waals surface area contributed by atoms with Gasteiger partial charge in [0.25, 0.3) is 5.56 Å². The van der Waals surface area contributed by atoms with Crippen LogP contribution in [-0.2, 0) is 17.7 Å². The number of carbonyl (C=O) groups is 1. The smallest absolute Gasteiger partial charge is 0.330 e. The van der Waals surface area contributed by atoms with E-state index in [1.807, 2.05) is 18.2 Å². The molecule has 0 saturated carbocycles. The van der Waals surface area contributed by atoms with Crippen molar-refractivity contribution in [2.24, 2.45) is 0 Å². The fraction of sp³-hybridized carbons (Fsp3) is 0.300. The number of hydrogen-bond donors (Lipinski definition) is 1. The molecular formula is C20H18ClN3O4. The van der Waals surface area contributed by atoms with Gasteiger partial charge in [-0.25, -0.2) is 9.78 Å². The lowest BCUT2D eigenvalue weighted by atomic mass is 9.79. The van der Waals surface area contributed by atoms with E-state index in [1.54, 1.807) is 6.07 Å². The molecule has 8 heteroatoms. The Hall–Kier alpha value is -2.77. The van der Waals surface area contributed by atoms with E-state index in [4.69, 9.17) is 16.3 Å². The summed E-state index contributed by atoms with van der Waals surface area (Å²) in [5, 5.41) is 0.884. The van der Waals surface area contributed by atoms with Crippen LogP contribution in [0.2, 0.25) is 5.02 Å². The number of methoxy groups -OCH3 is 1. The fourth-order valence-electron chi connectivity index (χ4n) is 3.80. The van der Waals surface area contributed by atoms with Crippen LogP contribution >= 0.6 is 11.6 Å². The predicted octanol–water partition coefficient (Wildman–Crippen LogP) is 2.30. The highest BCUT2D eigenvalue weighted by molar-refractivity contribution is 6.30. The Morgan fingerprint density at radius 2 is 2.11 bits per heavy atom. The molecule has 4 rings (SSSR count). The summed E-state index contributed by atoms with van der Waals surface area (Å²) in [5.74, 6) is -0.169. The quantitative estimate of drug-likeness (QED) is 0.726. The number of fused-ring (bicyclic) bond motifs is 3. The molecule has 7 nitrogen and oxygen atoms in total. The number of hydrogen-bond acceptors (Lipinski definition) is 5. The van der Waals surface area contributed by atoms with Crippen LogP contribution in [0.3, 0.4) is 0 Å². The van der Waals surface area contributed by atoms with Gasteiger partial charge in [-0.2, -0.15) is 0 Å². The van der Waals surface area contributed by atoms with Crippen molar-refractivity contribution in [3.63, 3.8) is 0 Å². The Morgan fingerprint density at radius 1 is 1.29 bits per heavy atom. The number of aromatic nitrogens is 3. The zero-order valence-electron chi connectivity index (χ0n) is 15.2. The van der Waals surface area contributed by atoms with Crippen LogP contribution in [0.1, 0.15) is 33.8 Å². The van der Waals surface area contributed by atoms with Crippen LogP contribution in [0.25, 0.3) is 11.0 Å². The van der Waals surface area contributed by atoms with Gasteiger partial charge < -0.3 is 4.74 Å². The van der Waals surface area contributed by atoms with Crippen LogP contribution in [0.4, 0.5) is 0 Å². The van der Waals surface area contributed by atoms with Crippen molar-refractivity contribution in [1.29, 1.82) is 0 Å². The van der Waals surface area contributed by atoms with Gasteiger partial charge in [0.15, 0.2) is 5.78 Å². The number of carbonyl (C=O) groups excluding carboxylic acids is 1. The second-order valence-electron chi connectivity index (χ2n) is 6.84. The molecule has 0 spiro atoms. The number of benzene rings is 1. The molecule has 0 radical (unpaired) electrons. The van der Waals surface area contributed by atoms with Crippen molar-refractivity contribution in [3.8, 4) is 0 Å². The SMILES string of the molecule is COCCn1c(=O)[nH]c(=O)c2c3c(cnc21)C(=O)C[C@@H](c1cccc(Cl)c1)C3. The molecule has 1 aromatic carbocycles. The first-order valence-corrected chi connectivity index (χ1v) is 9.29. The maximum atomic E-state index is 12.8. The molecule has 1 aliphatic rings. The average molecular weight is 400 g/mol. The topological polar surface area (TPSA) is 94.1 Å². The van der Waals surface area contributed by atoms with Crippen LogP contribution in [0, 0.1) is 0 Å². The Morgan fingerprint density at radius 3 is 2.86 bits per heavy atom. The molecule has 28 heavy (non-hydrogen) atoms. The standard InChI is InChI=1S/C20H18ClN3O4/c1-28-6-5-24-18-17(19(26)23-20(24)27)14-8-12(9-16(25)15(14)10-22-18)11-3-2-4-13(21)7-11/h2-4,7,10,12H,5-6,8-9H2,1H3,(H,23,26,27)/t12-/m0/s1. The third-order valence-electron chi connectivity index (χ3n) is 5.14. The van der Waals surface area contributed by atoms with Gasteiger partial charge in [0.2, 0.25) is 0 Å². The Balaban J connectivity index is 1.91. The molecular weight excluding hydrogens is 382 g/mol. The molecule has 1 atom stereocenters. The molecule has 1 aliphatic carbocycles. The Bertz CT molecular complexity index is 1200. The zero-order chi connectivity index (χ0) is 19.8. The van der Waals surface area contributed by atoms with Gasteiger partial charge in [0.1, 0.15) is 5.65 Å². The number of pyridine rings is 1. The third kappa shape index (κ3) is 3.16. The highest BCUT2D eigenvalue weighted by atomic mass is 35.5. The van der Waals surface area contributed by atoms with E-state index >= 15 is 0 Å². The zero-order valence-corrected chi connectivity index (χ0v) is 16.0. The van der Waals surface area contributed by atoms with E-state index in [0.717, 1.165) is 5.56 Å². The van der Waals surface area contributed by atoms with Gasteiger partial charge in [0.05, 0.1) is 18.5 Å². The molecule has 0 bridgehead atoms. The maximum Gasteiger partial charge on any atom is 0.330 e. The first-order valence-electron chi connectivity index (χ1n) is 8.92. The number of halogens is 1. The number of nitrogens with one attached hydrogen (secondary N) is 1. The van der Waals surface area contributed by atoms with Crippen molar-refractivity contribution in [2.45, 2.75) is 25.3 Å². The largest absolute Gasteiger partial charge is 0.383 e. The number of nitrogens with zero attached hydrogens (tertiary/aromatic N) is 2. The highest BCUT2D eigenvalue weighted by Crippen LogP contribution is 2.35. The molecule has 144 valence electrons.